The molecule has 0 fully saturated rings. The summed E-state index contributed by atoms with van der Waals surface area (Å²) in [6, 6.07) is 1.49. The van der Waals surface area contributed by atoms with Crippen LogP contribution in [0.5, 0.6) is 0 Å². The standard InChI is InChI=1S/C7H7BrN2O2/c1-5(8)4-9-7(11)6-2-3-12-10-6/h2-3H,1,4H2,(H,9,11). The number of hydrogen-bond acceptors (Lipinski definition) is 3. The predicted octanol–water partition coefficient (Wildman–Crippen LogP) is 1.31. The number of carbonyl (C=O) groups excluding carboxylic acids is 1. The van der Waals surface area contributed by atoms with Crippen molar-refractivity contribution in [1.82, 2.24) is 10.5 Å². The van der Waals surface area contributed by atoms with Gasteiger partial charge >= 0.3 is 0 Å². The smallest absolute Gasteiger partial charge is 0.273 e. The Hall–Kier alpha value is -1.10. The van der Waals surface area contributed by atoms with Crippen LogP contribution in [-0.2, 0) is 0 Å². The molecule has 0 bridgehead atoms. The zero-order chi connectivity index (χ0) is 8.97. The lowest BCUT2D eigenvalue weighted by atomic mass is 10.4. The Bertz CT molecular complexity index is 282. The van der Waals surface area contributed by atoms with E-state index >= 15 is 0 Å². The fourth-order valence-corrected chi connectivity index (χ4v) is 0.737. The second kappa shape index (κ2) is 4.06. The molecule has 1 amide bonds. The lowest BCUT2D eigenvalue weighted by molar-refractivity contribution is 0.0949. The minimum atomic E-state index is -0.274. The molecule has 1 aromatic rings. The molecule has 1 N–H and O–H groups in total. The van der Waals surface area contributed by atoms with E-state index in [-0.39, 0.29) is 11.6 Å². The van der Waals surface area contributed by atoms with E-state index < -0.39 is 0 Å². The van der Waals surface area contributed by atoms with Gasteiger partial charge in [0.25, 0.3) is 5.91 Å². The molecule has 5 heteroatoms. The zero-order valence-corrected chi connectivity index (χ0v) is 7.80. The fraction of sp³-hybridized carbons (Fsp3) is 0.143. The molecule has 0 aliphatic carbocycles. The quantitative estimate of drug-likeness (QED) is 0.853. The molecule has 1 aromatic heterocycles. The summed E-state index contributed by atoms with van der Waals surface area (Å²) in [4.78, 5) is 11.1. The average Bonchev–Trinajstić information content (AvgIpc) is 2.51. The molecule has 1 rings (SSSR count). The summed E-state index contributed by atoms with van der Waals surface area (Å²) in [5, 5.41) is 6.04. The molecule has 0 aliphatic rings. The fourth-order valence-electron chi connectivity index (χ4n) is 0.596. The number of rotatable bonds is 3. The number of hydrogen-bond donors (Lipinski definition) is 1. The molecule has 0 spiro atoms. The van der Waals surface area contributed by atoms with Crippen LogP contribution in [0, 0.1) is 0 Å². The minimum Gasteiger partial charge on any atom is -0.364 e. The summed E-state index contributed by atoms with van der Waals surface area (Å²) in [7, 11) is 0. The van der Waals surface area contributed by atoms with Gasteiger partial charge in [0.05, 0.1) is 0 Å². The maximum atomic E-state index is 11.1. The summed E-state index contributed by atoms with van der Waals surface area (Å²) in [6.45, 7) is 3.95. The topological polar surface area (TPSA) is 55.1 Å². The molecule has 0 aromatic carbocycles. The molecule has 0 aliphatic heterocycles. The summed E-state index contributed by atoms with van der Waals surface area (Å²) >= 11 is 3.11. The number of amides is 1. The van der Waals surface area contributed by atoms with Crippen LogP contribution in [0.25, 0.3) is 0 Å². The predicted molar refractivity (Wildman–Crippen MR) is 46.9 cm³/mol. The van der Waals surface area contributed by atoms with E-state index in [1.54, 1.807) is 0 Å². The van der Waals surface area contributed by atoms with E-state index in [9.17, 15) is 4.79 Å². The zero-order valence-electron chi connectivity index (χ0n) is 6.21. The summed E-state index contributed by atoms with van der Waals surface area (Å²) in [5.41, 5.74) is 0.267. The SMILES string of the molecule is C=C(Br)CNC(=O)c1ccon1. The van der Waals surface area contributed by atoms with E-state index in [1.807, 2.05) is 0 Å². The van der Waals surface area contributed by atoms with E-state index in [0.717, 1.165) is 0 Å². The van der Waals surface area contributed by atoms with Crippen LogP contribution in [0.3, 0.4) is 0 Å². The number of nitrogens with one attached hydrogen (secondary N) is 1. The molecule has 4 nitrogen and oxygen atoms in total. The number of nitrogens with zero attached hydrogens (tertiary/aromatic N) is 1. The number of carbonyl (C=O) groups is 1. The van der Waals surface area contributed by atoms with E-state index in [0.29, 0.717) is 11.0 Å². The summed E-state index contributed by atoms with van der Waals surface area (Å²) in [6.07, 6.45) is 1.35. The van der Waals surface area contributed by atoms with Crippen molar-refractivity contribution in [3.05, 3.63) is 29.1 Å². The Kier molecular flexibility index (Phi) is 3.04. The highest BCUT2D eigenvalue weighted by Gasteiger charge is 2.07. The Morgan fingerprint density at radius 1 is 1.83 bits per heavy atom. The van der Waals surface area contributed by atoms with Crippen LogP contribution in [0.15, 0.2) is 27.9 Å². The lowest BCUT2D eigenvalue weighted by Crippen LogP contribution is -2.24. The molecule has 0 saturated carbocycles. The Morgan fingerprint density at radius 2 is 2.58 bits per heavy atom. The Labute approximate surface area is 77.7 Å². The van der Waals surface area contributed by atoms with Gasteiger partial charge in [-0.15, -0.1) is 0 Å². The maximum Gasteiger partial charge on any atom is 0.273 e. The normalized spacial score (nSPS) is 9.42. The van der Waals surface area contributed by atoms with E-state index in [4.69, 9.17) is 0 Å². The van der Waals surface area contributed by atoms with Gasteiger partial charge in [-0.3, -0.25) is 4.79 Å². The van der Waals surface area contributed by atoms with Crippen molar-refractivity contribution in [1.29, 1.82) is 0 Å². The lowest BCUT2D eigenvalue weighted by Gasteiger charge is -1.98. The average molecular weight is 231 g/mol. The van der Waals surface area contributed by atoms with Gasteiger partial charge in [0.2, 0.25) is 0 Å². The van der Waals surface area contributed by atoms with Gasteiger partial charge in [0.15, 0.2) is 5.69 Å². The highest BCUT2D eigenvalue weighted by molar-refractivity contribution is 9.11. The first-order chi connectivity index (χ1) is 5.70. The van der Waals surface area contributed by atoms with Gasteiger partial charge in [0.1, 0.15) is 6.26 Å². The second-order valence-electron chi connectivity index (χ2n) is 2.08. The van der Waals surface area contributed by atoms with E-state index in [1.165, 1.54) is 12.3 Å². The van der Waals surface area contributed by atoms with E-state index in [2.05, 4.69) is 37.5 Å². The van der Waals surface area contributed by atoms with Crippen LogP contribution < -0.4 is 5.32 Å². The largest absolute Gasteiger partial charge is 0.364 e. The van der Waals surface area contributed by atoms with Crippen LogP contribution in [-0.4, -0.2) is 17.6 Å². The molecule has 0 atom stereocenters. The number of aromatic nitrogens is 1. The molecule has 0 unspecified atom stereocenters. The van der Waals surface area contributed by atoms with Crippen molar-refractivity contribution in [2.45, 2.75) is 0 Å². The molecule has 0 radical (unpaired) electrons. The Balaban J connectivity index is 2.45. The molecule has 1 heterocycles. The first-order valence-electron chi connectivity index (χ1n) is 3.22. The third kappa shape index (κ3) is 2.50. The second-order valence-corrected chi connectivity index (χ2v) is 3.21. The van der Waals surface area contributed by atoms with Gasteiger partial charge in [-0.2, -0.15) is 0 Å². The van der Waals surface area contributed by atoms with Crippen LogP contribution in [0.4, 0.5) is 0 Å². The minimum absolute atomic E-state index is 0.267. The summed E-state index contributed by atoms with van der Waals surface area (Å²) in [5.74, 6) is -0.274. The van der Waals surface area contributed by atoms with Crippen molar-refractivity contribution >= 4 is 21.8 Å². The van der Waals surface area contributed by atoms with Crippen LogP contribution >= 0.6 is 15.9 Å². The molecule has 12 heavy (non-hydrogen) atoms. The molecule has 0 saturated heterocycles. The highest BCUT2D eigenvalue weighted by atomic mass is 79.9. The summed E-state index contributed by atoms with van der Waals surface area (Å²) < 4.78 is 5.21. The Morgan fingerprint density at radius 3 is 3.08 bits per heavy atom. The molecular weight excluding hydrogens is 224 g/mol. The van der Waals surface area contributed by atoms with Gasteiger partial charge in [-0.25, -0.2) is 0 Å². The van der Waals surface area contributed by atoms with Crippen molar-refractivity contribution in [3.8, 4) is 0 Å². The molecular formula is C7H7BrN2O2. The maximum absolute atomic E-state index is 11.1. The third-order valence-corrected chi connectivity index (χ3v) is 1.39. The first kappa shape index (κ1) is 8.99. The van der Waals surface area contributed by atoms with Crippen LogP contribution in [0.1, 0.15) is 10.5 Å². The highest BCUT2D eigenvalue weighted by Crippen LogP contribution is 1.98. The van der Waals surface area contributed by atoms with Crippen molar-refractivity contribution in [2.75, 3.05) is 6.54 Å². The van der Waals surface area contributed by atoms with Gasteiger partial charge in [-0.1, -0.05) is 27.7 Å². The first-order valence-corrected chi connectivity index (χ1v) is 4.01. The van der Waals surface area contributed by atoms with Gasteiger partial charge in [-0.05, 0) is 0 Å². The van der Waals surface area contributed by atoms with Crippen molar-refractivity contribution < 1.29 is 9.32 Å². The van der Waals surface area contributed by atoms with Crippen molar-refractivity contribution in [2.24, 2.45) is 0 Å². The van der Waals surface area contributed by atoms with Gasteiger partial charge in [0, 0.05) is 17.1 Å². The molecule has 64 valence electrons. The van der Waals surface area contributed by atoms with Gasteiger partial charge < -0.3 is 9.84 Å². The number of halogens is 1. The van der Waals surface area contributed by atoms with Crippen molar-refractivity contribution in [3.63, 3.8) is 0 Å². The van der Waals surface area contributed by atoms with Crippen LogP contribution in [0.2, 0.25) is 0 Å². The third-order valence-electron chi connectivity index (χ3n) is 1.11. The monoisotopic (exact) mass is 230 g/mol.